The lowest BCUT2D eigenvalue weighted by molar-refractivity contribution is -0.139. The molecule has 46 heavy (non-hydrogen) atoms. The summed E-state index contributed by atoms with van der Waals surface area (Å²) in [4.78, 5) is 47.0. The van der Waals surface area contributed by atoms with Crippen LogP contribution in [0.1, 0.15) is 63.6 Å². The summed E-state index contributed by atoms with van der Waals surface area (Å²) in [6, 6.07) is 10.4. The molecule has 236 valence electrons. The monoisotopic (exact) mass is 645 g/mol. The first-order valence-electron chi connectivity index (χ1n) is 14.7. The van der Waals surface area contributed by atoms with Crippen molar-refractivity contribution >= 4 is 34.9 Å². The van der Waals surface area contributed by atoms with Crippen LogP contribution in [0.5, 0.6) is 0 Å². The minimum atomic E-state index is -3.17. The largest absolute Gasteiger partial charge is 0.384 e. The normalized spacial score (nSPS) is 22.4. The number of hydrogen-bond donors (Lipinski definition) is 4. The van der Waals surface area contributed by atoms with Crippen molar-refractivity contribution in [2.24, 2.45) is 11.1 Å². The van der Waals surface area contributed by atoms with Gasteiger partial charge in [0.2, 0.25) is 17.7 Å². The van der Waals surface area contributed by atoms with E-state index in [-0.39, 0.29) is 46.6 Å². The van der Waals surface area contributed by atoms with E-state index >= 15 is 0 Å². The zero-order chi connectivity index (χ0) is 32.4. The number of alkyl halides is 2. The average molecular weight is 646 g/mol. The fraction of sp³-hybridized carbons (Fsp3) is 0.312. The van der Waals surface area contributed by atoms with Gasteiger partial charge in [-0.25, -0.2) is 0 Å². The Morgan fingerprint density at radius 1 is 1.13 bits per heavy atom. The minimum Gasteiger partial charge on any atom is -0.384 e. The van der Waals surface area contributed by atoms with E-state index in [2.05, 4.69) is 20.8 Å². The van der Waals surface area contributed by atoms with E-state index in [0.717, 1.165) is 4.88 Å². The quantitative estimate of drug-likeness (QED) is 0.159. The van der Waals surface area contributed by atoms with Gasteiger partial charge in [0.15, 0.2) is 6.33 Å². The van der Waals surface area contributed by atoms with Crippen molar-refractivity contribution in [1.82, 2.24) is 25.7 Å². The van der Waals surface area contributed by atoms with Gasteiger partial charge >= 0.3 is 0 Å². The molecule has 2 aromatic carbocycles. The molecule has 1 saturated heterocycles. The molecule has 0 radical (unpaired) electrons. The third-order valence-corrected chi connectivity index (χ3v) is 10.3. The van der Waals surface area contributed by atoms with Crippen molar-refractivity contribution in [3.8, 4) is 11.1 Å². The van der Waals surface area contributed by atoms with Crippen LogP contribution < -0.4 is 16.4 Å². The molecule has 11 nitrogen and oxygen atoms in total. The van der Waals surface area contributed by atoms with Crippen LogP contribution in [-0.2, 0) is 21.9 Å². The molecule has 1 aliphatic heterocycles. The van der Waals surface area contributed by atoms with E-state index in [9.17, 15) is 23.2 Å². The standard InChI is InChI=1S/C32H29F2N7O4S/c1-16(24-9-18(14-46-24)28(35)36)40-30(44)23-10-31(12-26-38-15-39-45-26)11-25(31)41(23)27(42)13-37-29(43)17-6-7-22-20(8-17)19-4-2-3-5-21(19)32(22,33)34/h2-9,14-16,23,25H,10-13H2,1H3,(H3,35,36)(H,37,43)(H,40,44)/t16-,23+,25+,31-/m1/s1. The van der Waals surface area contributed by atoms with Crippen molar-refractivity contribution in [3.05, 3.63) is 93.3 Å². The third-order valence-electron chi connectivity index (χ3n) is 9.21. The number of amidine groups is 1. The van der Waals surface area contributed by atoms with Gasteiger partial charge in [-0.05, 0) is 49.1 Å². The summed E-state index contributed by atoms with van der Waals surface area (Å²) in [5, 5.41) is 18.7. The van der Waals surface area contributed by atoms with E-state index < -0.39 is 35.2 Å². The van der Waals surface area contributed by atoms with E-state index in [1.165, 1.54) is 46.8 Å². The Labute approximate surface area is 265 Å². The molecule has 0 unspecified atom stereocenters. The number of amides is 3. The summed E-state index contributed by atoms with van der Waals surface area (Å²) >= 11 is 1.37. The predicted molar refractivity (Wildman–Crippen MR) is 163 cm³/mol. The molecule has 2 fully saturated rings. The number of likely N-dealkylation sites (tertiary alicyclic amines) is 1. The highest BCUT2D eigenvalue weighted by Crippen LogP contribution is 2.61. The van der Waals surface area contributed by atoms with Crippen LogP contribution in [0.25, 0.3) is 11.1 Å². The van der Waals surface area contributed by atoms with Crippen molar-refractivity contribution in [2.75, 3.05) is 6.54 Å². The van der Waals surface area contributed by atoms with E-state index in [1.807, 2.05) is 6.92 Å². The van der Waals surface area contributed by atoms with Crippen molar-refractivity contribution in [3.63, 3.8) is 0 Å². The zero-order valence-electron chi connectivity index (χ0n) is 24.6. The van der Waals surface area contributed by atoms with Gasteiger partial charge in [-0.3, -0.25) is 19.8 Å². The maximum Gasteiger partial charge on any atom is 0.299 e. The van der Waals surface area contributed by atoms with Gasteiger partial charge in [-0.1, -0.05) is 35.5 Å². The number of hydrogen-bond acceptors (Lipinski definition) is 8. The van der Waals surface area contributed by atoms with Crippen molar-refractivity contribution in [1.29, 1.82) is 5.41 Å². The number of thiophene rings is 1. The van der Waals surface area contributed by atoms with Gasteiger partial charge in [0.25, 0.3) is 11.8 Å². The Balaban J connectivity index is 1.07. The lowest BCUT2D eigenvalue weighted by Crippen LogP contribution is -2.51. The number of nitrogens with one attached hydrogen (secondary N) is 3. The Kier molecular flexibility index (Phi) is 6.99. The van der Waals surface area contributed by atoms with Crippen LogP contribution in [0.15, 0.2) is 64.8 Å². The second kappa shape index (κ2) is 10.8. The van der Waals surface area contributed by atoms with Gasteiger partial charge < -0.3 is 25.8 Å². The summed E-state index contributed by atoms with van der Waals surface area (Å²) in [6.07, 6.45) is 2.72. The van der Waals surface area contributed by atoms with Crippen LogP contribution in [-0.4, -0.2) is 57.2 Å². The number of aromatic nitrogens is 2. The SMILES string of the molecule is C[C@@H](NC(=O)[C@@H]1C[C@]2(Cc3ncno3)C[C@@H]2N1C(=O)CNC(=O)c1ccc2c(c1)-c1ccccc1C2(F)F)c1cc(C(=N)N)cs1. The average Bonchev–Trinajstić information content (AvgIpc) is 3.54. The van der Waals surface area contributed by atoms with Crippen LogP contribution in [0.3, 0.4) is 0 Å². The molecular weight excluding hydrogens is 616 g/mol. The fourth-order valence-electron chi connectivity index (χ4n) is 6.81. The number of rotatable bonds is 9. The molecule has 0 spiro atoms. The number of piperidine rings is 1. The molecule has 3 amide bonds. The van der Waals surface area contributed by atoms with Crippen LogP contribution in [0.4, 0.5) is 8.78 Å². The highest BCUT2D eigenvalue weighted by molar-refractivity contribution is 7.10. The maximum absolute atomic E-state index is 15.0. The molecule has 7 rings (SSSR count). The topological polar surface area (TPSA) is 167 Å². The van der Waals surface area contributed by atoms with Crippen molar-refractivity contribution < 1.29 is 27.7 Å². The lowest BCUT2D eigenvalue weighted by atomic mass is 9.95. The number of nitrogens with zero attached hydrogens (tertiary/aromatic N) is 3. The molecule has 3 heterocycles. The first-order chi connectivity index (χ1) is 22.0. The summed E-state index contributed by atoms with van der Waals surface area (Å²) in [7, 11) is 0. The molecule has 14 heteroatoms. The Morgan fingerprint density at radius 3 is 2.65 bits per heavy atom. The van der Waals surface area contributed by atoms with Gasteiger partial charge in [0.05, 0.1) is 12.6 Å². The molecule has 2 aromatic heterocycles. The highest BCUT2D eigenvalue weighted by Gasteiger charge is 2.67. The molecule has 4 aromatic rings. The number of fused-ring (bicyclic) bond motifs is 4. The van der Waals surface area contributed by atoms with Gasteiger partial charge in [-0.15, -0.1) is 11.3 Å². The number of carbonyl (C=O) groups excluding carboxylic acids is 3. The minimum absolute atomic E-state index is 0.0682. The second-order valence-electron chi connectivity index (χ2n) is 12.1. The first kappa shape index (κ1) is 29.7. The Morgan fingerprint density at radius 2 is 1.91 bits per heavy atom. The van der Waals surface area contributed by atoms with Crippen LogP contribution in [0, 0.1) is 10.8 Å². The number of nitrogens with two attached hydrogens (primary N) is 1. The molecule has 4 atom stereocenters. The number of halogens is 2. The maximum atomic E-state index is 15.0. The first-order valence-corrected chi connectivity index (χ1v) is 15.6. The zero-order valence-corrected chi connectivity index (χ0v) is 25.4. The van der Waals surface area contributed by atoms with Gasteiger partial charge in [-0.2, -0.15) is 13.8 Å². The van der Waals surface area contributed by atoms with Crippen LogP contribution >= 0.6 is 11.3 Å². The summed E-state index contributed by atoms with van der Waals surface area (Å²) in [5.41, 5.74) is 6.23. The fourth-order valence-corrected chi connectivity index (χ4v) is 7.73. The molecule has 5 N–H and O–H groups in total. The molecule has 1 saturated carbocycles. The molecule has 2 aliphatic carbocycles. The van der Waals surface area contributed by atoms with E-state index in [1.54, 1.807) is 29.6 Å². The van der Waals surface area contributed by atoms with E-state index in [0.29, 0.717) is 36.3 Å². The lowest BCUT2D eigenvalue weighted by Gasteiger charge is -2.28. The predicted octanol–water partition coefficient (Wildman–Crippen LogP) is 3.75. The van der Waals surface area contributed by atoms with Crippen LogP contribution in [0.2, 0.25) is 0 Å². The summed E-state index contributed by atoms with van der Waals surface area (Å²) in [6.45, 7) is 1.43. The number of carbonyl (C=O) groups is 3. The van der Waals surface area contributed by atoms with Gasteiger partial charge in [0.1, 0.15) is 11.9 Å². The molecule has 0 bridgehead atoms. The number of benzene rings is 2. The smallest absolute Gasteiger partial charge is 0.299 e. The third kappa shape index (κ3) is 4.92. The van der Waals surface area contributed by atoms with Gasteiger partial charge in [0, 0.05) is 50.4 Å². The second-order valence-corrected chi connectivity index (χ2v) is 13.0. The van der Waals surface area contributed by atoms with Crippen molar-refractivity contribution in [2.45, 2.75) is 50.2 Å². The Bertz CT molecular complexity index is 1890. The number of nitrogen functional groups attached to an aromatic ring is 1. The summed E-state index contributed by atoms with van der Waals surface area (Å²) < 4.78 is 35.2. The summed E-state index contributed by atoms with van der Waals surface area (Å²) in [5.74, 6) is -4.20. The molecule has 3 aliphatic rings. The highest BCUT2D eigenvalue weighted by atomic mass is 32.1. The molecular formula is C32H29F2N7O4S. The van der Waals surface area contributed by atoms with E-state index in [4.69, 9.17) is 15.7 Å². The Hall–Kier alpha value is -4.98.